The van der Waals surface area contributed by atoms with Crippen molar-refractivity contribution in [2.75, 3.05) is 19.0 Å². The molecule has 0 fully saturated rings. The molecule has 0 bridgehead atoms. The van der Waals surface area contributed by atoms with E-state index in [2.05, 4.69) is 37.9 Å². The molecule has 0 amide bonds. The first-order chi connectivity index (χ1) is 6.52. The molecule has 0 saturated heterocycles. The van der Waals surface area contributed by atoms with Crippen LogP contribution in [0, 0.1) is 5.92 Å². The first-order valence-electron chi connectivity index (χ1n) is 5.15. The van der Waals surface area contributed by atoms with E-state index < -0.39 is 0 Å². The van der Waals surface area contributed by atoms with Gasteiger partial charge in [0.05, 0.1) is 0 Å². The fraction of sp³-hybridized carbons (Fsp3) is 0.583. The largest absolute Gasteiger partial charge is 0.363 e. The van der Waals surface area contributed by atoms with Gasteiger partial charge in [-0.1, -0.05) is 26.8 Å². The van der Waals surface area contributed by atoms with Crippen LogP contribution in [0.2, 0.25) is 0 Å². The third kappa shape index (κ3) is 2.47. The van der Waals surface area contributed by atoms with Gasteiger partial charge in [-0.3, -0.25) is 0 Å². The summed E-state index contributed by atoms with van der Waals surface area (Å²) in [5.41, 5.74) is 1.32. The van der Waals surface area contributed by atoms with Gasteiger partial charge in [0.1, 0.15) is 5.82 Å². The van der Waals surface area contributed by atoms with Crippen molar-refractivity contribution in [2.24, 2.45) is 5.92 Å². The molecule has 0 spiro atoms. The van der Waals surface area contributed by atoms with E-state index >= 15 is 0 Å². The van der Waals surface area contributed by atoms with E-state index in [4.69, 9.17) is 0 Å². The molecule has 1 unspecified atom stereocenters. The van der Waals surface area contributed by atoms with Crippen LogP contribution in [0.1, 0.15) is 32.3 Å². The van der Waals surface area contributed by atoms with Gasteiger partial charge in [-0.2, -0.15) is 0 Å². The third-order valence-electron chi connectivity index (χ3n) is 2.75. The summed E-state index contributed by atoms with van der Waals surface area (Å²) in [5, 5.41) is 0. The van der Waals surface area contributed by atoms with E-state index in [0.29, 0.717) is 11.8 Å². The van der Waals surface area contributed by atoms with Crippen LogP contribution in [0.3, 0.4) is 0 Å². The highest BCUT2D eigenvalue weighted by Crippen LogP contribution is 2.23. The summed E-state index contributed by atoms with van der Waals surface area (Å²) >= 11 is 0. The van der Waals surface area contributed by atoms with Gasteiger partial charge in [-0.15, -0.1) is 0 Å². The Morgan fingerprint density at radius 1 is 1.14 bits per heavy atom. The van der Waals surface area contributed by atoms with Crippen molar-refractivity contribution < 1.29 is 0 Å². The third-order valence-corrected chi connectivity index (χ3v) is 2.75. The number of hydrogen-bond donors (Lipinski definition) is 0. The summed E-state index contributed by atoms with van der Waals surface area (Å²) < 4.78 is 0. The lowest BCUT2D eigenvalue weighted by atomic mass is 9.91. The topological polar surface area (TPSA) is 16.1 Å². The predicted molar refractivity (Wildman–Crippen MR) is 61.8 cm³/mol. The number of rotatable bonds is 3. The first-order valence-corrected chi connectivity index (χ1v) is 5.15. The Morgan fingerprint density at radius 3 is 2.14 bits per heavy atom. The summed E-state index contributed by atoms with van der Waals surface area (Å²) in [6.07, 6.45) is 1.99. The molecule has 0 aliphatic carbocycles. The monoisotopic (exact) mass is 192 g/mol. The molecule has 0 saturated carbocycles. The van der Waals surface area contributed by atoms with E-state index in [1.54, 1.807) is 0 Å². The molecule has 1 rings (SSSR count). The lowest BCUT2D eigenvalue weighted by molar-refractivity contribution is 0.533. The second kappa shape index (κ2) is 4.45. The Labute approximate surface area is 87.0 Å². The fourth-order valence-corrected chi connectivity index (χ4v) is 1.32. The highest BCUT2D eigenvalue weighted by atomic mass is 15.1. The molecule has 0 radical (unpaired) electrons. The normalized spacial score (nSPS) is 13.0. The van der Waals surface area contributed by atoms with Crippen molar-refractivity contribution in [3.05, 3.63) is 23.9 Å². The minimum atomic E-state index is 0.582. The molecule has 14 heavy (non-hydrogen) atoms. The molecule has 1 heterocycles. The Morgan fingerprint density at radius 2 is 1.79 bits per heavy atom. The maximum Gasteiger partial charge on any atom is 0.127 e. The van der Waals surface area contributed by atoms with Gasteiger partial charge in [0, 0.05) is 20.3 Å². The lowest BCUT2D eigenvalue weighted by Crippen LogP contribution is -2.11. The summed E-state index contributed by atoms with van der Waals surface area (Å²) in [6, 6.07) is 4.25. The molecule has 1 atom stereocenters. The summed E-state index contributed by atoms with van der Waals surface area (Å²) in [6.45, 7) is 6.73. The maximum atomic E-state index is 4.41. The van der Waals surface area contributed by atoms with Gasteiger partial charge in [0.2, 0.25) is 0 Å². The molecule has 1 aromatic heterocycles. The standard InChI is InChI=1S/C12H20N2/c1-9(2)10(3)11-6-7-12(13-8-11)14(4)5/h6-10H,1-5H3. The van der Waals surface area contributed by atoms with Gasteiger partial charge in [-0.05, 0) is 23.5 Å². The molecule has 0 N–H and O–H groups in total. The average Bonchev–Trinajstić information content (AvgIpc) is 2.16. The minimum absolute atomic E-state index is 0.582. The predicted octanol–water partition coefficient (Wildman–Crippen LogP) is 2.91. The average molecular weight is 192 g/mol. The van der Waals surface area contributed by atoms with Crippen LogP contribution in [-0.2, 0) is 0 Å². The zero-order valence-electron chi connectivity index (χ0n) is 9.78. The minimum Gasteiger partial charge on any atom is -0.363 e. The summed E-state index contributed by atoms with van der Waals surface area (Å²) in [5.74, 6) is 2.27. The quantitative estimate of drug-likeness (QED) is 0.732. The number of pyridine rings is 1. The van der Waals surface area contributed by atoms with Gasteiger partial charge < -0.3 is 4.90 Å². The second-order valence-electron chi connectivity index (χ2n) is 4.38. The van der Waals surface area contributed by atoms with Crippen LogP contribution >= 0.6 is 0 Å². The van der Waals surface area contributed by atoms with Crippen molar-refractivity contribution in [3.8, 4) is 0 Å². The Kier molecular flexibility index (Phi) is 3.50. The van der Waals surface area contributed by atoms with E-state index in [1.165, 1.54) is 5.56 Å². The van der Waals surface area contributed by atoms with Crippen LogP contribution in [0.4, 0.5) is 5.82 Å². The van der Waals surface area contributed by atoms with Gasteiger partial charge in [0.25, 0.3) is 0 Å². The molecular formula is C12H20N2. The zero-order valence-corrected chi connectivity index (χ0v) is 9.78. The van der Waals surface area contributed by atoms with Gasteiger partial charge >= 0.3 is 0 Å². The zero-order chi connectivity index (χ0) is 10.7. The summed E-state index contributed by atoms with van der Waals surface area (Å²) in [4.78, 5) is 6.43. The number of hydrogen-bond acceptors (Lipinski definition) is 2. The molecule has 2 nitrogen and oxygen atoms in total. The molecule has 0 aliphatic rings. The Balaban J connectivity index is 2.83. The van der Waals surface area contributed by atoms with E-state index in [0.717, 1.165) is 5.82 Å². The molecule has 1 aromatic rings. The van der Waals surface area contributed by atoms with Crippen LogP contribution in [0.25, 0.3) is 0 Å². The number of aromatic nitrogens is 1. The highest BCUT2D eigenvalue weighted by molar-refractivity contribution is 5.37. The fourth-order valence-electron chi connectivity index (χ4n) is 1.32. The smallest absolute Gasteiger partial charge is 0.127 e. The van der Waals surface area contributed by atoms with Crippen molar-refractivity contribution in [3.63, 3.8) is 0 Å². The SMILES string of the molecule is CC(C)C(C)c1ccc(N(C)C)nc1. The Hall–Kier alpha value is -1.05. The molecule has 2 heteroatoms. The van der Waals surface area contributed by atoms with Crippen molar-refractivity contribution in [2.45, 2.75) is 26.7 Å². The molecule has 0 aromatic carbocycles. The van der Waals surface area contributed by atoms with Crippen LogP contribution < -0.4 is 4.90 Å². The van der Waals surface area contributed by atoms with Gasteiger partial charge in [-0.25, -0.2) is 4.98 Å². The molecule has 0 aliphatic heterocycles. The van der Waals surface area contributed by atoms with E-state index in [1.807, 2.05) is 25.2 Å². The second-order valence-corrected chi connectivity index (χ2v) is 4.38. The van der Waals surface area contributed by atoms with Crippen molar-refractivity contribution in [1.82, 2.24) is 4.98 Å². The van der Waals surface area contributed by atoms with Crippen molar-refractivity contribution >= 4 is 5.82 Å². The van der Waals surface area contributed by atoms with Gasteiger partial charge in [0.15, 0.2) is 0 Å². The summed E-state index contributed by atoms with van der Waals surface area (Å²) in [7, 11) is 4.02. The highest BCUT2D eigenvalue weighted by Gasteiger charge is 2.10. The Bertz CT molecular complexity index is 275. The number of nitrogens with zero attached hydrogens (tertiary/aromatic N) is 2. The molecular weight excluding hydrogens is 172 g/mol. The maximum absolute atomic E-state index is 4.41. The van der Waals surface area contributed by atoms with Crippen LogP contribution in [-0.4, -0.2) is 19.1 Å². The van der Waals surface area contributed by atoms with E-state index in [9.17, 15) is 0 Å². The lowest BCUT2D eigenvalue weighted by Gasteiger charge is -2.17. The first kappa shape index (κ1) is 11.0. The van der Waals surface area contributed by atoms with Crippen molar-refractivity contribution in [1.29, 1.82) is 0 Å². The van der Waals surface area contributed by atoms with Crippen LogP contribution in [0.15, 0.2) is 18.3 Å². The number of anilines is 1. The molecule has 78 valence electrons. The van der Waals surface area contributed by atoms with Crippen LogP contribution in [0.5, 0.6) is 0 Å². The van der Waals surface area contributed by atoms with E-state index in [-0.39, 0.29) is 0 Å².